The Balaban J connectivity index is 3.99. The highest BCUT2D eigenvalue weighted by Gasteiger charge is 2.12. The zero-order chi connectivity index (χ0) is 8.36. The van der Waals surface area contributed by atoms with E-state index in [0.717, 1.165) is 4.31 Å². The zero-order valence-corrected chi connectivity index (χ0v) is 6.80. The molecule has 0 saturated heterocycles. The van der Waals surface area contributed by atoms with Gasteiger partial charge in [0.05, 0.1) is 6.10 Å². The molecule has 0 aromatic heterocycles. The molecular weight excluding hydrogens is 156 g/mol. The van der Waals surface area contributed by atoms with Gasteiger partial charge in [-0.2, -0.15) is 12.7 Å². The van der Waals surface area contributed by atoms with E-state index in [1.807, 2.05) is 0 Å². The lowest BCUT2D eigenvalue weighted by Crippen LogP contribution is -2.37. The summed E-state index contributed by atoms with van der Waals surface area (Å²) in [7, 11) is -2.32. The van der Waals surface area contributed by atoms with Crippen LogP contribution in [0.15, 0.2) is 0 Å². The first-order chi connectivity index (χ1) is 4.34. The smallest absolute Gasteiger partial charge is 0.276 e. The van der Waals surface area contributed by atoms with E-state index in [-0.39, 0.29) is 6.54 Å². The summed E-state index contributed by atoms with van der Waals surface area (Å²) in [6, 6.07) is 0. The summed E-state index contributed by atoms with van der Waals surface area (Å²) in [5, 5.41) is 13.4. The van der Waals surface area contributed by atoms with E-state index in [2.05, 4.69) is 0 Å². The van der Waals surface area contributed by atoms with Gasteiger partial charge in [0, 0.05) is 13.6 Å². The van der Waals surface area contributed by atoms with E-state index in [1.54, 1.807) is 0 Å². The van der Waals surface area contributed by atoms with Crippen LogP contribution in [-0.2, 0) is 10.2 Å². The van der Waals surface area contributed by atoms with Crippen LogP contribution in [0.3, 0.4) is 0 Å². The topological polar surface area (TPSA) is 83.6 Å². The fourth-order valence-corrected chi connectivity index (χ4v) is 0.900. The summed E-state index contributed by atoms with van der Waals surface area (Å²) in [4.78, 5) is 0. The first kappa shape index (κ1) is 9.83. The van der Waals surface area contributed by atoms with Crippen molar-refractivity contribution in [3.63, 3.8) is 0 Å². The van der Waals surface area contributed by atoms with E-state index in [9.17, 15) is 8.42 Å². The molecule has 0 aromatic carbocycles. The van der Waals surface area contributed by atoms with Gasteiger partial charge in [0.2, 0.25) is 0 Å². The second-order valence-electron chi connectivity index (χ2n) is 2.17. The van der Waals surface area contributed by atoms with Crippen LogP contribution in [0, 0.1) is 0 Å². The number of nitrogens with two attached hydrogens (primary N) is 1. The van der Waals surface area contributed by atoms with Crippen molar-refractivity contribution in [1.82, 2.24) is 4.31 Å². The number of nitrogens with zero attached hydrogens (tertiary/aromatic N) is 1. The predicted octanol–water partition coefficient (Wildman–Crippen LogP) is -1.50. The molecular formula is C4H12N2O3S. The van der Waals surface area contributed by atoms with Crippen LogP contribution in [0.4, 0.5) is 0 Å². The largest absolute Gasteiger partial charge is 0.392 e. The summed E-state index contributed by atoms with van der Waals surface area (Å²) >= 11 is 0. The standard InChI is InChI=1S/C4H12N2O3S/c1-4(7)3-6(2)10(5,8)9/h4,7H,3H2,1-2H3,(H2,5,8,9). The first-order valence-electron chi connectivity index (χ1n) is 2.76. The van der Waals surface area contributed by atoms with E-state index in [4.69, 9.17) is 10.2 Å². The number of hydrogen-bond acceptors (Lipinski definition) is 3. The van der Waals surface area contributed by atoms with Gasteiger partial charge in [0.1, 0.15) is 0 Å². The Morgan fingerprint density at radius 2 is 2.10 bits per heavy atom. The third-order valence-electron chi connectivity index (χ3n) is 0.956. The molecule has 0 aliphatic heterocycles. The Labute approximate surface area is 60.6 Å². The van der Waals surface area contributed by atoms with Gasteiger partial charge in [0.25, 0.3) is 10.2 Å². The van der Waals surface area contributed by atoms with Crippen LogP contribution in [0.5, 0.6) is 0 Å². The maximum absolute atomic E-state index is 10.5. The minimum Gasteiger partial charge on any atom is -0.392 e. The average molecular weight is 168 g/mol. The second-order valence-corrected chi connectivity index (χ2v) is 3.83. The van der Waals surface area contributed by atoms with Gasteiger partial charge in [-0.1, -0.05) is 0 Å². The van der Waals surface area contributed by atoms with Crippen LogP contribution in [-0.4, -0.2) is 37.5 Å². The second kappa shape index (κ2) is 3.29. The van der Waals surface area contributed by atoms with Crippen molar-refractivity contribution < 1.29 is 13.5 Å². The van der Waals surface area contributed by atoms with Gasteiger partial charge in [-0.25, -0.2) is 5.14 Å². The van der Waals surface area contributed by atoms with Crippen molar-refractivity contribution in [2.45, 2.75) is 13.0 Å². The maximum Gasteiger partial charge on any atom is 0.276 e. The van der Waals surface area contributed by atoms with Gasteiger partial charge in [-0.15, -0.1) is 0 Å². The zero-order valence-electron chi connectivity index (χ0n) is 5.98. The van der Waals surface area contributed by atoms with Crippen molar-refractivity contribution in [2.75, 3.05) is 13.6 Å². The summed E-state index contributed by atoms with van der Waals surface area (Å²) in [6.07, 6.45) is -0.691. The molecule has 0 rings (SSSR count). The van der Waals surface area contributed by atoms with Crippen molar-refractivity contribution >= 4 is 10.2 Å². The van der Waals surface area contributed by atoms with E-state index < -0.39 is 16.3 Å². The van der Waals surface area contributed by atoms with Crippen molar-refractivity contribution in [3.8, 4) is 0 Å². The third kappa shape index (κ3) is 3.78. The lowest BCUT2D eigenvalue weighted by Gasteiger charge is -2.14. The summed E-state index contributed by atoms with van der Waals surface area (Å²) in [6.45, 7) is 1.51. The Kier molecular flexibility index (Phi) is 3.23. The Bertz CT molecular complexity index is 187. The molecule has 0 aromatic rings. The Morgan fingerprint density at radius 1 is 1.70 bits per heavy atom. The van der Waals surface area contributed by atoms with Crippen molar-refractivity contribution in [3.05, 3.63) is 0 Å². The lowest BCUT2D eigenvalue weighted by molar-refractivity contribution is 0.171. The molecule has 0 aliphatic carbocycles. The summed E-state index contributed by atoms with van der Waals surface area (Å²) in [5.74, 6) is 0. The molecule has 6 heteroatoms. The fraction of sp³-hybridized carbons (Fsp3) is 1.00. The van der Waals surface area contributed by atoms with E-state index in [1.165, 1.54) is 14.0 Å². The molecule has 0 fully saturated rings. The third-order valence-corrected chi connectivity index (χ3v) is 1.97. The number of rotatable bonds is 3. The minimum absolute atomic E-state index is 0.0266. The van der Waals surface area contributed by atoms with E-state index in [0.29, 0.717) is 0 Å². The first-order valence-corrected chi connectivity index (χ1v) is 4.26. The molecule has 62 valence electrons. The number of aliphatic hydroxyl groups is 1. The highest BCUT2D eigenvalue weighted by molar-refractivity contribution is 7.86. The maximum atomic E-state index is 10.5. The van der Waals surface area contributed by atoms with Crippen molar-refractivity contribution in [1.29, 1.82) is 0 Å². The summed E-state index contributed by atoms with van der Waals surface area (Å²) in [5.41, 5.74) is 0. The van der Waals surface area contributed by atoms with Crippen LogP contribution >= 0.6 is 0 Å². The van der Waals surface area contributed by atoms with Crippen LogP contribution < -0.4 is 5.14 Å². The number of hydrogen-bond donors (Lipinski definition) is 2. The predicted molar refractivity (Wildman–Crippen MR) is 37.4 cm³/mol. The van der Waals surface area contributed by atoms with Gasteiger partial charge < -0.3 is 5.11 Å². The number of aliphatic hydroxyl groups excluding tert-OH is 1. The SMILES string of the molecule is CC(O)CN(C)S(N)(=O)=O. The van der Waals surface area contributed by atoms with Crippen molar-refractivity contribution in [2.24, 2.45) is 5.14 Å². The molecule has 3 N–H and O–H groups in total. The summed E-state index contributed by atoms with van der Waals surface area (Å²) < 4.78 is 21.8. The van der Waals surface area contributed by atoms with Gasteiger partial charge in [-0.3, -0.25) is 0 Å². The minimum atomic E-state index is -3.62. The number of likely N-dealkylation sites (N-methyl/N-ethyl adjacent to an activating group) is 1. The molecule has 1 unspecified atom stereocenters. The molecule has 10 heavy (non-hydrogen) atoms. The molecule has 0 saturated carbocycles. The average Bonchev–Trinajstić information content (AvgIpc) is 1.60. The molecule has 0 spiro atoms. The van der Waals surface area contributed by atoms with Crippen LogP contribution in [0.2, 0.25) is 0 Å². The van der Waals surface area contributed by atoms with E-state index >= 15 is 0 Å². The van der Waals surface area contributed by atoms with Crippen LogP contribution in [0.1, 0.15) is 6.92 Å². The van der Waals surface area contributed by atoms with Crippen LogP contribution in [0.25, 0.3) is 0 Å². The molecule has 0 bridgehead atoms. The van der Waals surface area contributed by atoms with Gasteiger partial charge in [0.15, 0.2) is 0 Å². The lowest BCUT2D eigenvalue weighted by atomic mass is 10.4. The quantitative estimate of drug-likeness (QED) is 0.538. The highest BCUT2D eigenvalue weighted by atomic mass is 32.2. The Morgan fingerprint density at radius 3 is 2.20 bits per heavy atom. The van der Waals surface area contributed by atoms with Gasteiger partial charge >= 0.3 is 0 Å². The molecule has 0 aliphatic rings. The molecule has 1 atom stereocenters. The highest BCUT2D eigenvalue weighted by Crippen LogP contribution is 1.91. The Hall–Kier alpha value is -0.170. The molecule has 5 nitrogen and oxygen atoms in total. The van der Waals surface area contributed by atoms with Gasteiger partial charge in [-0.05, 0) is 6.92 Å². The monoisotopic (exact) mass is 168 g/mol. The molecule has 0 radical (unpaired) electrons. The fourth-order valence-electron chi connectivity index (χ4n) is 0.476. The normalized spacial score (nSPS) is 15.7. The molecule has 0 amide bonds. The molecule has 0 heterocycles.